The topological polar surface area (TPSA) is 77.9 Å². The lowest BCUT2D eigenvalue weighted by atomic mass is 9.89. The maximum atomic E-state index is 11.0. The molecule has 0 saturated heterocycles. The fraction of sp³-hybridized carbons (Fsp3) is 0.385. The first-order valence-electron chi connectivity index (χ1n) is 5.85. The molecule has 0 amide bonds. The van der Waals surface area contributed by atoms with Gasteiger partial charge in [-0.25, -0.2) is 9.78 Å². The van der Waals surface area contributed by atoms with Crippen LogP contribution in [0.2, 0.25) is 0 Å². The second-order valence-electron chi connectivity index (χ2n) is 5.18. The Morgan fingerprint density at radius 1 is 1.37 bits per heavy atom. The highest BCUT2D eigenvalue weighted by Gasteiger charge is 2.51. The van der Waals surface area contributed by atoms with Crippen molar-refractivity contribution in [2.24, 2.45) is 0 Å². The predicted octanol–water partition coefficient (Wildman–Crippen LogP) is 2.01. The Morgan fingerprint density at radius 2 is 2.05 bits per heavy atom. The molecule has 0 aliphatic carbocycles. The maximum absolute atomic E-state index is 11.0. The molecule has 0 unspecified atom stereocenters. The molecule has 1 aromatic heterocycles. The van der Waals surface area contributed by atoms with E-state index in [1.54, 1.807) is 0 Å². The summed E-state index contributed by atoms with van der Waals surface area (Å²) in [5, 5.41) is 9.04. The Bertz CT molecular complexity index is 570. The van der Waals surface area contributed by atoms with Crippen LogP contribution < -0.4 is 4.74 Å². The summed E-state index contributed by atoms with van der Waals surface area (Å²) in [4.78, 5) is 15.1. The van der Waals surface area contributed by atoms with E-state index in [4.69, 9.17) is 19.3 Å². The van der Waals surface area contributed by atoms with Crippen LogP contribution in [0.25, 0.3) is 0 Å². The summed E-state index contributed by atoms with van der Waals surface area (Å²) in [5.41, 5.74) is 0.0498. The molecule has 0 fully saturated rings. The van der Waals surface area contributed by atoms with Gasteiger partial charge in [0.25, 0.3) is 5.79 Å². The number of ether oxygens (including phenoxy) is 3. The lowest BCUT2D eigenvalue weighted by Crippen LogP contribution is -2.45. The maximum Gasteiger partial charge on any atom is 0.337 e. The first-order chi connectivity index (χ1) is 8.92. The van der Waals surface area contributed by atoms with Crippen molar-refractivity contribution in [3.05, 3.63) is 35.9 Å². The molecule has 2 aliphatic rings. The van der Waals surface area contributed by atoms with Crippen LogP contribution in [-0.2, 0) is 15.3 Å². The number of nitrogens with zero attached hydrogens (tertiary/aromatic N) is 1. The van der Waals surface area contributed by atoms with E-state index in [1.807, 2.05) is 13.8 Å². The van der Waals surface area contributed by atoms with Crippen LogP contribution >= 0.6 is 0 Å². The van der Waals surface area contributed by atoms with Gasteiger partial charge in [-0.2, -0.15) is 0 Å². The van der Waals surface area contributed by atoms with Gasteiger partial charge in [0.2, 0.25) is 5.88 Å². The van der Waals surface area contributed by atoms with E-state index in [0.29, 0.717) is 17.9 Å². The van der Waals surface area contributed by atoms with Gasteiger partial charge in [0, 0.05) is 6.20 Å². The highest BCUT2D eigenvalue weighted by Crippen LogP contribution is 2.47. The predicted molar refractivity (Wildman–Crippen MR) is 63.5 cm³/mol. The monoisotopic (exact) mass is 263 g/mol. The molecule has 6 nitrogen and oxygen atoms in total. The molecule has 1 aromatic rings. The van der Waals surface area contributed by atoms with Crippen LogP contribution in [0.15, 0.2) is 24.8 Å². The number of hydrogen-bond donors (Lipinski definition) is 1. The fourth-order valence-corrected chi connectivity index (χ4v) is 2.39. The molecule has 19 heavy (non-hydrogen) atoms. The van der Waals surface area contributed by atoms with Crippen molar-refractivity contribution in [1.82, 2.24) is 4.98 Å². The van der Waals surface area contributed by atoms with Gasteiger partial charge in [0.05, 0.1) is 17.5 Å². The zero-order valence-electron chi connectivity index (χ0n) is 10.5. The minimum Gasteiger partial charge on any atom is -0.478 e. The first-order valence-corrected chi connectivity index (χ1v) is 5.85. The molecule has 6 heteroatoms. The highest BCUT2D eigenvalue weighted by atomic mass is 16.7. The smallest absolute Gasteiger partial charge is 0.337 e. The molecule has 0 aromatic carbocycles. The molecule has 2 aliphatic heterocycles. The largest absolute Gasteiger partial charge is 0.478 e. The average molecular weight is 263 g/mol. The van der Waals surface area contributed by atoms with E-state index in [0.717, 1.165) is 0 Å². The van der Waals surface area contributed by atoms with Crippen molar-refractivity contribution < 1.29 is 24.1 Å². The first kappa shape index (κ1) is 11.8. The normalized spacial score (nSPS) is 21.2. The summed E-state index contributed by atoms with van der Waals surface area (Å²) < 4.78 is 16.9. The lowest BCUT2D eigenvalue weighted by Gasteiger charge is -2.41. The van der Waals surface area contributed by atoms with Crippen LogP contribution in [0, 0.1) is 0 Å². The Labute approximate surface area is 109 Å². The van der Waals surface area contributed by atoms with Gasteiger partial charge >= 0.3 is 5.97 Å². The molecule has 0 radical (unpaired) electrons. The second kappa shape index (κ2) is 3.63. The highest BCUT2D eigenvalue weighted by molar-refractivity contribution is 5.87. The molecule has 3 heterocycles. The molecule has 0 atom stereocenters. The number of carbonyl (C=O) groups is 1. The average Bonchev–Trinajstić information content (AvgIpc) is 2.76. The zero-order valence-corrected chi connectivity index (χ0v) is 10.5. The summed E-state index contributed by atoms with van der Waals surface area (Å²) in [6.45, 7) is 3.80. The minimum absolute atomic E-state index is 0.0699. The van der Waals surface area contributed by atoms with Crippen LogP contribution in [0.4, 0.5) is 0 Å². The number of pyridine rings is 1. The quantitative estimate of drug-likeness (QED) is 0.835. The van der Waals surface area contributed by atoms with Crippen molar-refractivity contribution in [2.75, 3.05) is 0 Å². The number of fused-ring (bicyclic) bond motifs is 2. The van der Waals surface area contributed by atoms with E-state index in [-0.39, 0.29) is 5.56 Å². The molecular weight excluding hydrogens is 250 g/mol. The molecule has 1 spiro atoms. The van der Waals surface area contributed by atoms with Crippen molar-refractivity contribution in [3.8, 4) is 5.88 Å². The lowest BCUT2D eigenvalue weighted by molar-refractivity contribution is -0.196. The van der Waals surface area contributed by atoms with E-state index in [9.17, 15) is 4.79 Å². The Hall–Kier alpha value is -2.24. The van der Waals surface area contributed by atoms with Gasteiger partial charge < -0.3 is 19.3 Å². The Kier molecular flexibility index (Phi) is 2.26. The Balaban J connectivity index is 2.14. The van der Waals surface area contributed by atoms with Crippen molar-refractivity contribution in [1.29, 1.82) is 0 Å². The van der Waals surface area contributed by atoms with E-state index < -0.39 is 17.4 Å². The SMILES string of the molecule is CC1(C)CC2(OC=CO2)c2cc(C(=O)O)cnc2O1. The number of hydrogen-bond acceptors (Lipinski definition) is 5. The fourth-order valence-electron chi connectivity index (χ4n) is 2.39. The van der Waals surface area contributed by atoms with E-state index >= 15 is 0 Å². The van der Waals surface area contributed by atoms with Crippen molar-refractivity contribution in [2.45, 2.75) is 31.7 Å². The number of aromatic nitrogens is 1. The third-order valence-electron chi connectivity index (χ3n) is 3.11. The van der Waals surface area contributed by atoms with E-state index in [1.165, 1.54) is 24.8 Å². The van der Waals surface area contributed by atoms with E-state index in [2.05, 4.69) is 4.98 Å². The summed E-state index contributed by atoms with van der Waals surface area (Å²) in [5.74, 6) is -1.76. The third kappa shape index (κ3) is 1.80. The van der Waals surface area contributed by atoms with Crippen LogP contribution in [0.3, 0.4) is 0 Å². The number of carboxylic acid groups (broad SMARTS) is 1. The van der Waals surface area contributed by atoms with Gasteiger partial charge in [-0.05, 0) is 19.9 Å². The van der Waals surface area contributed by atoms with Gasteiger partial charge in [-0.3, -0.25) is 0 Å². The van der Waals surface area contributed by atoms with Gasteiger partial charge in [-0.1, -0.05) is 0 Å². The van der Waals surface area contributed by atoms with Gasteiger partial charge in [0.15, 0.2) is 0 Å². The minimum atomic E-state index is -1.05. The Morgan fingerprint density at radius 3 is 2.68 bits per heavy atom. The number of rotatable bonds is 1. The molecular formula is C13H13NO5. The molecule has 0 saturated carbocycles. The molecule has 3 rings (SSSR count). The van der Waals surface area contributed by atoms with Crippen LogP contribution in [0.1, 0.15) is 36.2 Å². The molecule has 0 bridgehead atoms. The second-order valence-corrected chi connectivity index (χ2v) is 5.18. The van der Waals surface area contributed by atoms with Crippen LogP contribution in [-0.4, -0.2) is 21.7 Å². The number of aromatic carboxylic acids is 1. The number of carboxylic acids is 1. The summed E-state index contributed by atoms with van der Waals surface area (Å²) in [6.07, 6.45) is 4.58. The van der Waals surface area contributed by atoms with Crippen LogP contribution in [0.5, 0.6) is 5.88 Å². The van der Waals surface area contributed by atoms with Gasteiger partial charge in [-0.15, -0.1) is 0 Å². The molecule has 1 N–H and O–H groups in total. The van der Waals surface area contributed by atoms with Crippen molar-refractivity contribution >= 4 is 5.97 Å². The third-order valence-corrected chi connectivity index (χ3v) is 3.11. The molecule has 100 valence electrons. The standard InChI is InChI=1S/C13H13NO5/c1-12(2)7-13(17-3-4-18-13)9-5-8(11(15)16)6-14-10(9)19-12/h3-6H,7H2,1-2H3,(H,15,16). The van der Waals surface area contributed by atoms with Gasteiger partial charge in [0.1, 0.15) is 18.1 Å². The zero-order chi connectivity index (χ0) is 13.7. The summed E-state index contributed by atoms with van der Waals surface area (Å²) in [6, 6.07) is 1.48. The van der Waals surface area contributed by atoms with Crippen molar-refractivity contribution in [3.63, 3.8) is 0 Å². The summed E-state index contributed by atoms with van der Waals surface area (Å²) in [7, 11) is 0. The summed E-state index contributed by atoms with van der Waals surface area (Å²) >= 11 is 0.